The molecule has 29 heavy (non-hydrogen) atoms. The molecule has 1 N–H and O–H groups in total. The second-order valence-corrected chi connectivity index (χ2v) is 8.96. The minimum absolute atomic E-state index is 0.0601. The maximum Gasteiger partial charge on any atom is 0.417 e. The Morgan fingerprint density at radius 2 is 1.69 bits per heavy atom. The summed E-state index contributed by atoms with van der Waals surface area (Å²) in [6.07, 6.45) is -3.15. The number of carbonyl (C=O) groups is 1. The van der Waals surface area contributed by atoms with Crippen LogP contribution in [0, 0.1) is 0 Å². The second-order valence-electron chi connectivity index (χ2n) is 6.43. The molecule has 2 aromatic carbocycles. The topological polar surface area (TPSA) is 66.5 Å². The minimum atomic E-state index is -4.82. The summed E-state index contributed by atoms with van der Waals surface area (Å²) in [5.74, 6) is -0.385. The summed E-state index contributed by atoms with van der Waals surface area (Å²) in [7, 11) is -4.45. The van der Waals surface area contributed by atoms with E-state index in [1.807, 2.05) is 0 Å². The highest BCUT2D eigenvalue weighted by Crippen LogP contribution is 2.36. The molecule has 0 unspecified atom stereocenters. The Kier molecular flexibility index (Phi) is 6.03. The molecule has 5 nitrogen and oxygen atoms in total. The van der Waals surface area contributed by atoms with Crippen molar-refractivity contribution in [3.63, 3.8) is 0 Å². The normalized spacial score (nSPS) is 14.9. The molecule has 0 bridgehead atoms. The van der Waals surface area contributed by atoms with Gasteiger partial charge in [0.1, 0.15) is 0 Å². The minimum Gasteiger partial charge on any atom is -0.339 e. The zero-order valence-electron chi connectivity index (χ0n) is 14.8. The number of nitrogens with one attached hydrogen (secondary N) is 1. The lowest BCUT2D eigenvalue weighted by atomic mass is 10.1. The maximum atomic E-state index is 13.1. The largest absolute Gasteiger partial charge is 0.417 e. The van der Waals surface area contributed by atoms with Gasteiger partial charge in [0.2, 0.25) is 0 Å². The molecular weight excluding hydrogens is 452 g/mol. The highest BCUT2D eigenvalue weighted by Gasteiger charge is 2.35. The van der Waals surface area contributed by atoms with Crippen molar-refractivity contribution in [3.8, 4) is 0 Å². The Hall–Kier alpha value is -1.97. The fourth-order valence-electron chi connectivity index (χ4n) is 2.97. The summed E-state index contributed by atoms with van der Waals surface area (Å²) in [5.41, 5.74) is -1.33. The van der Waals surface area contributed by atoms with Crippen molar-refractivity contribution >= 4 is 44.8 Å². The number of hydrogen-bond donors (Lipinski definition) is 1. The van der Waals surface area contributed by atoms with E-state index >= 15 is 0 Å². The van der Waals surface area contributed by atoms with E-state index in [-0.39, 0.29) is 22.2 Å². The van der Waals surface area contributed by atoms with E-state index in [4.69, 9.17) is 23.2 Å². The van der Waals surface area contributed by atoms with Crippen LogP contribution in [0.25, 0.3) is 0 Å². The summed E-state index contributed by atoms with van der Waals surface area (Å²) in [6.45, 7) is 1.08. The van der Waals surface area contributed by atoms with Crippen LogP contribution in [0.15, 0.2) is 41.3 Å². The summed E-state index contributed by atoms with van der Waals surface area (Å²) < 4.78 is 66.8. The highest BCUT2D eigenvalue weighted by atomic mass is 35.5. The molecule has 0 aromatic heterocycles. The van der Waals surface area contributed by atoms with Gasteiger partial charge in [-0.25, -0.2) is 8.42 Å². The molecule has 0 radical (unpaired) electrons. The maximum absolute atomic E-state index is 13.1. The Balaban J connectivity index is 1.99. The fraction of sp³-hybridized carbons (Fsp3) is 0.278. The molecule has 0 spiro atoms. The molecule has 2 aromatic rings. The molecule has 1 aliphatic rings. The third kappa shape index (κ3) is 4.79. The molecule has 1 fully saturated rings. The van der Waals surface area contributed by atoms with E-state index in [2.05, 4.69) is 4.72 Å². The number of halogens is 5. The molecule has 1 aliphatic heterocycles. The van der Waals surface area contributed by atoms with Gasteiger partial charge >= 0.3 is 6.18 Å². The van der Waals surface area contributed by atoms with Gasteiger partial charge < -0.3 is 4.90 Å². The number of hydrogen-bond acceptors (Lipinski definition) is 3. The molecule has 0 saturated carbocycles. The number of anilines is 1. The van der Waals surface area contributed by atoms with E-state index in [0.717, 1.165) is 25.0 Å². The number of alkyl halides is 3. The van der Waals surface area contributed by atoms with E-state index in [0.29, 0.717) is 19.2 Å². The van der Waals surface area contributed by atoms with E-state index in [9.17, 15) is 26.4 Å². The Morgan fingerprint density at radius 3 is 2.31 bits per heavy atom. The van der Waals surface area contributed by atoms with Gasteiger partial charge in [0, 0.05) is 18.1 Å². The lowest BCUT2D eigenvalue weighted by Crippen LogP contribution is -2.29. The number of rotatable bonds is 4. The van der Waals surface area contributed by atoms with E-state index in [1.165, 1.54) is 18.2 Å². The lowest BCUT2D eigenvalue weighted by molar-refractivity contribution is -0.137. The Labute approximate surface area is 175 Å². The highest BCUT2D eigenvalue weighted by molar-refractivity contribution is 7.92. The Morgan fingerprint density at radius 1 is 1.03 bits per heavy atom. The average molecular weight is 467 g/mol. The van der Waals surface area contributed by atoms with Gasteiger partial charge in [-0.15, -0.1) is 0 Å². The monoisotopic (exact) mass is 466 g/mol. The molecular formula is C18H15Cl2F3N2O3S. The molecule has 1 heterocycles. The van der Waals surface area contributed by atoms with Crippen molar-refractivity contribution in [1.29, 1.82) is 0 Å². The van der Waals surface area contributed by atoms with Crippen LogP contribution >= 0.6 is 23.2 Å². The van der Waals surface area contributed by atoms with Gasteiger partial charge in [-0.2, -0.15) is 13.2 Å². The van der Waals surface area contributed by atoms with Gasteiger partial charge in [-0.05, 0) is 49.2 Å². The second kappa shape index (κ2) is 8.04. The third-order valence-corrected chi connectivity index (χ3v) is 6.33. The first-order valence-electron chi connectivity index (χ1n) is 8.47. The Bertz CT molecular complexity index is 1050. The van der Waals surface area contributed by atoms with Crippen LogP contribution in [-0.4, -0.2) is 32.3 Å². The number of nitrogens with zero attached hydrogens (tertiary/aromatic N) is 1. The first-order chi connectivity index (χ1) is 13.5. The van der Waals surface area contributed by atoms with Crippen molar-refractivity contribution in [2.75, 3.05) is 17.8 Å². The van der Waals surface area contributed by atoms with E-state index < -0.39 is 31.7 Å². The predicted molar refractivity (Wildman–Crippen MR) is 104 cm³/mol. The van der Waals surface area contributed by atoms with E-state index in [1.54, 1.807) is 4.90 Å². The standard InChI is InChI=1S/C18H15Cl2F3N2O3S/c19-11-3-5-13(17(26)25-7-1-2-8-25)16(9-11)24-29(27,28)12-4-6-15(20)14(10-12)18(21,22)23/h3-6,9-10,24H,1-2,7-8H2. The lowest BCUT2D eigenvalue weighted by Gasteiger charge is -2.19. The summed E-state index contributed by atoms with van der Waals surface area (Å²) >= 11 is 11.5. The van der Waals surface area contributed by atoms with Crippen LogP contribution in [0.1, 0.15) is 28.8 Å². The van der Waals surface area contributed by atoms with Gasteiger partial charge in [-0.3, -0.25) is 9.52 Å². The number of carbonyl (C=O) groups excluding carboxylic acids is 1. The van der Waals surface area contributed by atoms with Crippen molar-refractivity contribution < 1.29 is 26.4 Å². The molecule has 1 saturated heterocycles. The smallest absolute Gasteiger partial charge is 0.339 e. The van der Waals surface area contributed by atoms with Crippen LogP contribution in [-0.2, 0) is 16.2 Å². The molecule has 0 aliphatic carbocycles. The van der Waals surface area contributed by atoms with Crippen LogP contribution in [0.2, 0.25) is 10.0 Å². The zero-order valence-corrected chi connectivity index (χ0v) is 17.1. The van der Waals surface area contributed by atoms with Gasteiger partial charge in [0.25, 0.3) is 15.9 Å². The van der Waals surface area contributed by atoms with Crippen LogP contribution < -0.4 is 4.72 Å². The van der Waals surface area contributed by atoms with Crippen LogP contribution in [0.5, 0.6) is 0 Å². The predicted octanol–water partition coefficient (Wildman–Crippen LogP) is 5.05. The SMILES string of the molecule is O=C(c1ccc(Cl)cc1NS(=O)(=O)c1ccc(Cl)c(C(F)(F)F)c1)N1CCCC1. The van der Waals surface area contributed by atoms with Crippen molar-refractivity contribution in [3.05, 3.63) is 57.6 Å². The van der Waals surface area contributed by atoms with Crippen molar-refractivity contribution in [1.82, 2.24) is 4.90 Å². The first-order valence-corrected chi connectivity index (χ1v) is 10.7. The quantitative estimate of drug-likeness (QED) is 0.685. The average Bonchev–Trinajstić information content (AvgIpc) is 3.15. The summed E-state index contributed by atoms with van der Waals surface area (Å²) in [4.78, 5) is 13.6. The molecule has 11 heteroatoms. The number of likely N-dealkylation sites (tertiary alicyclic amines) is 1. The van der Waals surface area contributed by atoms with Crippen LogP contribution in [0.4, 0.5) is 18.9 Å². The molecule has 1 amide bonds. The van der Waals surface area contributed by atoms with Crippen molar-refractivity contribution in [2.24, 2.45) is 0 Å². The van der Waals surface area contributed by atoms with Crippen LogP contribution in [0.3, 0.4) is 0 Å². The van der Waals surface area contributed by atoms with Gasteiger partial charge in [-0.1, -0.05) is 23.2 Å². The fourth-order valence-corrected chi connectivity index (χ4v) is 4.46. The van der Waals surface area contributed by atoms with Gasteiger partial charge in [0.15, 0.2) is 0 Å². The summed E-state index contributed by atoms with van der Waals surface area (Å²) in [6, 6.07) is 6.30. The molecule has 0 atom stereocenters. The third-order valence-electron chi connectivity index (χ3n) is 4.40. The molecule has 3 rings (SSSR count). The number of amides is 1. The zero-order chi connectivity index (χ0) is 21.4. The van der Waals surface area contributed by atoms with Gasteiger partial charge in [0.05, 0.1) is 26.7 Å². The van der Waals surface area contributed by atoms with Crippen molar-refractivity contribution in [2.45, 2.75) is 23.9 Å². The summed E-state index contributed by atoms with van der Waals surface area (Å²) in [5, 5.41) is -0.461. The molecule has 156 valence electrons. The first kappa shape index (κ1) is 21.7. The number of benzene rings is 2. The number of sulfonamides is 1.